The van der Waals surface area contributed by atoms with Crippen molar-refractivity contribution in [1.29, 1.82) is 0 Å². The van der Waals surface area contributed by atoms with E-state index in [0.717, 1.165) is 0 Å². The molecule has 1 amide bonds. The minimum Gasteiger partial charge on any atom is -0.467 e. The van der Waals surface area contributed by atoms with Crippen LogP contribution in [0, 0.1) is 0 Å². The first kappa shape index (κ1) is 15.2. The fourth-order valence-electron chi connectivity index (χ4n) is 3.14. The van der Waals surface area contributed by atoms with Crippen molar-refractivity contribution in [1.82, 2.24) is 0 Å². The Morgan fingerprint density at radius 2 is 1.74 bits per heavy atom. The molecule has 0 spiro atoms. The summed E-state index contributed by atoms with van der Waals surface area (Å²) in [6.07, 6.45) is 0. The molecule has 3 rings (SSSR count). The highest BCUT2D eigenvalue weighted by Gasteiger charge is 2.55. The molecule has 2 atom stereocenters. The zero-order valence-electron chi connectivity index (χ0n) is 12.9. The van der Waals surface area contributed by atoms with Gasteiger partial charge in [0.05, 0.1) is 7.11 Å². The third kappa shape index (κ3) is 2.12. The molecule has 2 aromatic rings. The summed E-state index contributed by atoms with van der Waals surface area (Å²) in [5.74, 6) is -2.24. The number of hydrogen-bond acceptors (Lipinski definition) is 4. The number of carbonyl (C=O) groups excluding carboxylic acids is 2. The first-order valence-electron chi connectivity index (χ1n) is 7.24. The average molecular weight is 311 g/mol. The zero-order chi connectivity index (χ0) is 16.6. The predicted molar refractivity (Wildman–Crippen MR) is 84.9 cm³/mol. The molecule has 1 N–H and O–H groups in total. The number of aliphatic hydroxyl groups is 1. The molecule has 0 saturated heterocycles. The Labute approximate surface area is 134 Å². The van der Waals surface area contributed by atoms with Crippen LogP contribution in [0.1, 0.15) is 17.0 Å². The third-order valence-electron chi connectivity index (χ3n) is 4.31. The van der Waals surface area contributed by atoms with Crippen LogP contribution in [0.25, 0.3) is 0 Å². The van der Waals surface area contributed by atoms with Gasteiger partial charge in [-0.1, -0.05) is 48.5 Å². The van der Waals surface area contributed by atoms with Crippen molar-refractivity contribution in [3.8, 4) is 0 Å². The van der Waals surface area contributed by atoms with Crippen LogP contribution in [0.4, 0.5) is 5.69 Å². The van der Waals surface area contributed by atoms with Gasteiger partial charge in [-0.15, -0.1) is 0 Å². The second-order valence-corrected chi connectivity index (χ2v) is 5.51. The lowest BCUT2D eigenvalue weighted by atomic mass is 9.78. The van der Waals surface area contributed by atoms with Gasteiger partial charge in [-0.3, -0.25) is 4.79 Å². The van der Waals surface area contributed by atoms with Gasteiger partial charge in [0, 0.05) is 12.7 Å². The normalized spacial score (nSPS) is 19.2. The molecule has 23 heavy (non-hydrogen) atoms. The molecule has 0 fully saturated rings. The summed E-state index contributed by atoms with van der Waals surface area (Å²) < 4.78 is 4.82. The van der Waals surface area contributed by atoms with E-state index in [1.165, 1.54) is 12.0 Å². The molecule has 5 nitrogen and oxygen atoms in total. The Balaban J connectivity index is 2.23. The molecule has 0 aromatic heterocycles. The maximum absolute atomic E-state index is 12.8. The number of carbonyl (C=O) groups is 2. The van der Waals surface area contributed by atoms with Gasteiger partial charge in [0.1, 0.15) is 5.92 Å². The van der Waals surface area contributed by atoms with Crippen LogP contribution in [0.15, 0.2) is 54.6 Å². The molecule has 0 radical (unpaired) electrons. The maximum atomic E-state index is 12.8. The van der Waals surface area contributed by atoms with Crippen molar-refractivity contribution < 1.29 is 19.4 Å². The van der Waals surface area contributed by atoms with Crippen molar-refractivity contribution in [3.05, 3.63) is 65.7 Å². The number of rotatable bonds is 3. The van der Waals surface area contributed by atoms with Crippen molar-refractivity contribution in [2.75, 3.05) is 19.1 Å². The van der Waals surface area contributed by atoms with E-state index in [2.05, 4.69) is 0 Å². The Morgan fingerprint density at radius 1 is 1.13 bits per heavy atom. The van der Waals surface area contributed by atoms with Gasteiger partial charge in [0.15, 0.2) is 0 Å². The molecule has 5 heteroatoms. The number of methoxy groups -OCH3 is 1. The van der Waals surface area contributed by atoms with Crippen LogP contribution < -0.4 is 4.90 Å². The largest absolute Gasteiger partial charge is 0.467 e. The molecule has 118 valence electrons. The lowest BCUT2D eigenvalue weighted by molar-refractivity contribution is -0.168. The number of anilines is 1. The number of amides is 1. The van der Waals surface area contributed by atoms with E-state index in [-0.39, 0.29) is 5.91 Å². The molecule has 0 aliphatic carbocycles. The van der Waals surface area contributed by atoms with Crippen LogP contribution in [0.2, 0.25) is 0 Å². The zero-order valence-corrected chi connectivity index (χ0v) is 12.9. The lowest BCUT2D eigenvalue weighted by Gasteiger charge is -2.30. The number of fused-ring (bicyclic) bond motifs is 1. The number of benzene rings is 2. The van der Waals surface area contributed by atoms with Gasteiger partial charge >= 0.3 is 5.97 Å². The number of nitrogens with zero attached hydrogens (tertiary/aromatic N) is 1. The standard InChI is InChI=1S/C18H17NO4/c1-19-14-11-7-6-10-13(14)15(16(19)20)18(22,17(21)23-2)12-8-4-3-5-9-12/h3-11,15,22H,1-2H3/t15-,18-/m1/s1. The number of para-hydroxylation sites is 1. The summed E-state index contributed by atoms with van der Waals surface area (Å²) in [5, 5.41) is 11.3. The SMILES string of the molecule is COC(=O)[C@@](O)(c1ccccc1)[C@H]1C(=O)N(C)c2ccccc21. The fraction of sp³-hybridized carbons (Fsp3) is 0.222. The highest BCUT2D eigenvalue weighted by Crippen LogP contribution is 2.47. The Bertz CT molecular complexity index is 759. The maximum Gasteiger partial charge on any atom is 0.343 e. The highest BCUT2D eigenvalue weighted by atomic mass is 16.5. The summed E-state index contributed by atoms with van der Waals surface area (Å²) >= 11 is 0. The quantitative estimate of drug-likeness (QED) is 0.878. The summed E-state index contributed by atoms with van der Waals surface area (Å²) in [5.41, 5.74) is -0.457. The monoisotopic (exact) mass is 311 g/mol. The Hall–Kier alpha value is -2.66. The van der Waals surface area contributed by atoms with Crippen molar-refractivity contribution >= 4 is 17.6 Å². The van der Waals surface area contributed by atoms with E-state index >= 15 is 0 Å². The summed E-state index contributed by atoms with van der Waals surface area (Å²) in [6, 6.07) is 15.5. The smallest absolute Gasteiger partial charge is 0.343 e. The van der Waals surface area contributed by atoms with Crippen molar-refractivity contribution in [3.63, 3.8) is 0 Å². The molecule has 0 bridgehead atoms. The van der Waals surface area contributed by atoms with E-state index in [0.29, 0.717) is 16.8 Å². The number of likely N-dealkylation sites (N-methyl/N-ethyl adjacent to an activating group) is 1. The van der Waals surface area contributed by atoms with Gasteiger partial charge in [-0.25, -0.2) is 4.79 Å². The van der Waals surface area contributed by atoms with Gasteiger partial charge < -0.3 is 14.7 Å². The first-order chi connectivity index (χ1) is 11.0. The van der Waals surface area contributed by atoms with E-state index in [4.69, 9.17) is 4.74 Å². The van der Waals surface area contributed by atoms with Gasteiger partial charge in [-0.2, -0.15) is 0 Å². The van der Waals surface area contributed by atoms with Crippen molar-refractivity contribution in [2.45, 2.75) is 11.5 Å². The fourth-order valence-corrected chi connectivity index (χ4v) is 3.14. The molecule has 1 aliphatic rings. The first-order valence-corrected chi connectivity index (χ1v) is 7.24. The van der Waals surface area contributed by atoms with Crippen LogP contribution in [0.5, 0.6) is 0 Å². The highest BCUT2D eigenvalue weighted by molar-refractivity contribution is 6.08. The predicted octanol–water partition coefficient (Wildman–Crippen LogP) is 1.81. The van der Waals surface area contributed by atoms with E-state index in [1.807, 2.05) is 6.07 Å². The summed E-state index contributed by atoms with van der Waals surface area (Å²) in [6.45, 7) is 0. The summed E-state index contributed by atoms with van der Waals surface area (Å²) in [7, 11) is 2.83. The molecule has 0 unspecified atom stereocenters. The third-order valence-corrected chi connectivity index (χ3v) is 4.31. The van der Waals surface area contributed by atoms with Gasteiger partial charge in [0.25, 0.3) is 0 Å². The number of ether oxygens (including phenoxy) is 1. The van der Waals surface area contributed by atoms with Crippen LogP contribution in [-0.2, 0) is 19.9 Å². The number of hydrogen-bond donors (Lipinski definition) is 1. The van der Waals surface area contributed by atoms with Gasteiger partial charge in [0.2, 0.25) is 11.5 Å². The Kier molecular flexibility index (Phi) is 3.66. The Morgan fingerprint density at radius 3 is 2.39 bits per heavy atom. The molecular weight excluding hydrogens is 294 g/mol. The van der Waals surface area contributed by atoms with Gasteiger partial charge in [-0.05, 0) is 17.2 Å². The van der Waals surface area contributed by atoms with Crippen LogP contribution in [0.3, 0.4) is 0 Å². The second-order valence-electron chi connectivity index (χ2n) is 5.51. The minimum absolute atomic E-state index is 0.329. The molecule has 2 aromatic carbocycles. The van der Waals surface area contributed by atoms with E-state index in [9.17, 15) is 14.7 Å². The molecule has 1 aliphatic heterocycles. The minimum atomic E-state index is -2.08. The topological polar surface area (TPSA) is 66.8 Å². The molecule has 1 heterocycles. The number of esters is 1. The van der Waals surface area contributed by atoms with Crippen LogP contribution in [-0.4, -0.2) is 31.1 Å². The second kappa shape index (κ2) is 5.52. The van der Waals surface area contributed by atoms with Crippen LogP contribution >= 0.6 is 0 Å². The molecular formula is C18H17NO4. The van der Waals surface area contributed by atoms with E-state index < -0.39 is 17.5 Å². The summed E-state index contributed by atoms with van der Waals surface area (Å²) in [4.78, 5) is 26.7. The lowest BCUT2D eigenvalue weighted by Crippen LogP contribution is -2.46. The van der Waals surface area contributed by atoms with E-state index in [1.54, 1.807) is 55.6 Å². The molecule has 0 saturated carbocycles. The average Bonchev–Trinajstić information content (AvgIpc) is 2.86. The van der Waals surface area contributed by atoms with Crippen molar-refractivity contribution in [2.24, 2.45) is 0 Å².